The fraction of sp³-hybridized carbons (Fsp3) is 0.404. The molecule has 0 bridgehead atoms. The minimum atomic E-state index is -1.63. The highest BCUT2D eigenvalue weighted by atomic mass is 16.8. The van der Waals surface area contributed by atoms with Crippen LogP contribution in [0.2, 0.25) is 0 Å². The van der Waals surface area contributed by atoms with Gasteiger partial charge in [-0.15, -0.1) is 6.58 Å². The molecule has 1 saturated carbocycles. The Morgan fingerprint density at radius 1 is 0.863 bits per heavy atom. The van der Waals surface area contributed by atoms with Crippen LogP contribution >= 0.6 is 0 Å². The number of hydrogen-bond donors (Lipinski definition) is 2. The number of unbranched alkanes of at least 4 members (excludes halogenated alkanes) is 2. The van der Waals surface area contributed by atoms with Crippen LogP contribution in [0.25, 0.3) is 10.8 Å². The van der Waals surface area contributed by atoms with Gasteiger partial charge < -0.3 is 48.2 Å². The van der Waals surface area contributed by atoms with Crippen LogP contribution in [-0.4, -0.2) is 83.2 Å². The average molecular weight is 996 g/mol. The lowest BCUT2D eigenvalue weighted by Crippen LogP contribution is -2.70. The van der Waals surface area contributed by atoms with Crippen molar-refractivity contribution in [3.05, 3.63) is 149 Å². The molecule has 3 heterocycles. The van der Waals surface area contributed by atoms with Gasteiger partial charge in [0.15, 0.2) is 11.5 Å². The molecule has 16 nitrogen and oxygen atoms in total. The Bertz CT molecular complexity index is 2850. The zero-order chi connectivity index (χ0) is 50.3. The maximum absolute atomic E-state index is 15.3. The standard InChI is InChI=1S/C57H61N3O13/c1-2-28-69-57-52(59(35-37-16-24-50-51(30-37)68-36-67-50)56(63)71-42-21-18-41(19-22-42)60(64)65)34-48(58-73-53-15-7-10-29-66-53)46-32-40(13-5-8-26-61)45(14-6-9-27-62)54(55(46)57)47-33-44(23-25-49(47)72-57)70-43-20-17-38-11-3-4-12-39(38)31-43/h2-4,11-12,16-25,30-33,40,45,52-55,61-62H,1,5-10,13-15,26-29,34-36H2. The molecule has 382 valence electrons. The van der Waals surface area contributed by atoms with E-state index in [0.29, 0.717) is 65.9 Å². The van der Waals surface area contributed by atoms with E-state index in [2.05, 4.69) is 30.9 Å². The predicted octanol–water partition coefficient (Wildman–Crippen LogP) is 11.1. The molecular weight excluding hydrogens is 935 g/mol. The van der Waals surface area contributed by atoms with Crippen molar-refractivity contribution in [2.24, 2.45) is 22.9 Å². The van der Waals surface area contributed by atoms with Gasteiger partial charge in [0.1, 0.15) is 29.0 Å². The first-order chi connectivity index (χ1) is 35.7. The lowest BCUT2D eigenvalue weighted by molar-refractivity contribution is -0.384. The van der Waals surface area contributed by atoms with Crippen molar-refractivity contribution in [1.82, 2.24) is 4.90 Å². The highest BCUT2D eigenvalue weighted by Gasteiger charge is 2.66. The molecule has 2 N–H and O–H groups in total. The maximum Gasteiger partial charge on any atom is 0.416 e. The number of nitrogens with zero attached hydrogens (tertiary/aromatic N) is 3. The first kappa shape index (κ1) is 49.6. The van der Waals surface area contributed by atoms with Gasteiger partial charge in [-0.05, 0) is 127 Å². The lowest BCUT2D eigenvalue weighted by atomic mass is 9.55. The first-order valence-electron chi connectivity index (χ1n) is 25.4. The fourth-order valence-electron chi connectivity index (χ4n) is 11.3. The number of nitro groups is 1. The number of benzene rings is 5. The summed E-state index contributed by atoms with van der Waals surface area (Å²) < 4.78 is 45.1. The van der Waals surface area contributed by atoms with Gasteiger partial charge in [-0.3, -0.25) is 15.0 Å². The molecule has 5 aromatic rings. The van der Waals surface area contributed by atoms with Crippen molar-refractivity contribution in [2.75, 3.05) is 33.2 Å². The van der Waals surface area contributed by atoms with Gasteiger partial charge in [0, 0.05) is 56.2 Å². The first-order valence-corrected chi connectivity index (χ1v) is 25.4. The molecule has 0 radical (unpaired) electrons. The molecule has 1 amide bonds. The number of nitro benzene ring substituents is 1. The van der Waals surface area contributed by atoms with Crippen LogP contribution in [0.15, 0.2) is 133 Å². The summed E-state index contributed by atoms with van der Waals surface area (Å²) in [6.45, 7) is 4.78. The van der Waals surface area contributed by atoms with Gasteiger partial charge in [-0.25, -0.2) is 4.79 Å². The number of rotatable bonds is 20. The summed E-state index contributed by atoms with van der Waals surface area (Å²) in [7, 11) is 0. The van der Waals surface area contributed by atoms with Crippen LogP contribution < -0.4 is 23.7 Å². The summed E-state index contributed by atoms with van der Waals surface area (Å²) in [5.41, 5.74) is 2.86. The van der Waals surface area contributed by atoms with E-state index in [9.17, 15) is 20.3 Å². The third-order valence-electron chi connectivity index (χ3n) is 14.7. The Morgan fingerprint density at radius 2 is 1.62 bits per heavy atom. The molecule has 7 atom stereocenters. The van der Waals surface area contributed by atoms with Crippen LogP contribution in [0.5, 0.6) is 34.5 Å². The Kier molecular flexibility index (Phi) is 15.2. The van der Waals surface area contributed by atoms with Crippen molar-refractivity contribution in [3.63, 3.8) is 0 Å². The second kappa shape index (κ2) is 22.4. The van der Waals surface area contributed by atoms with Crippen LogP contribution in [0.3, 0.4) is 0 Å². The minimum absolute atomic E-state index is 0.0147. The summed E-state index contributed by atoms with van der Waals surface area (Å²) in [4.78, 5) is 34.4. The van der Waals surface area contributed by atoms with Crippen molar-refractivity contribution < 1.29 is 57.9 Å². The highest BCUT2D eigenvalue weighted by molar-refractivity contribution is 6.03. The number of allylic oxidation sites excluding steroid dienone is 1. The molecule has 3 aliphatic heterocycles. The van der Waals surface area contributed by atoms with E-state index in [1.54, 1.807) is 17.0 Å². The zero-order valence-corrected chi connectivity index (χ0v) is 40.7. The van der Waals surface area contributed by atoms with Crippen molar-refractivity contribution in [2.45, 2.75) is 94.8 Å². The van der Waals surface area contributed by atoms with E-state index in [1.165, 1.54) is 24.3 Å². The van der Waals surface area contributed by atoms with Crippen molar-refractivity contribution >= 4 is 28.3 Å². The molecule has 2 aliphatic carbocycles. The number of fused-ring (bicyclic) bond motifs is 4. The van der Waals surface area contributed by atoms with Crippen molar-refractivity contribution in [1.29, 1.82) is 0 Å². The van der Waals surface area contributed by atoms with E-state index in [1.807, 2.05) is 54.6 Å². The molecule has 73 heavy (non-hydrogen) atoms. The number of hydrogen-bond acceptors (Lipinski definition) is 14. The minimum Gasteiger partial charge on any atom is -0.459 e. The molecule has 7 unspecified atom stereocenters. The van der Waals surface area contributed by atoms with Gasteiger partial charge >= 0.3 is 6.09 Å². The largest absolute Gasteiger partial charge is 0.459 e. The summed E-state index contributed by atoms with van der Waals surface area (Å²) >= 11 is 0. The SMILES string of the molecule is C=CCOC12Oc3ccc(Oc4ccc5ccccc5c4)cc3C3C(CCCCO)C(CCCCO)C=C(C(=NOC4CCCCO4)CC1N(Cc1ccc4c(c1)OCO4)C(=O)Oc1ccc([N+](=O)[O-])cc1)C32. The highest BCUT2D eigenvalue weighted by Crippen LogP contribution is 2.62. The van der Waals surface area contributed by atoms with E-state index < -0.39 is 35.1 Å². The van der Waals surface area contributed by atoms with E-state index in [-0.39, 0.29) is 68.8 Å². The Hall–Kier alpha value is -6.98. The summed E-state index contributed by atoms with van der Waals surface area (Å²) in [6, 6.07) is 29.8. The van der Waals surface area contributed by atoms with Crippen LogP contribution in [-0.2, 0) is 20.9 Å². The quantitative estimate of drug-likeness (QED) is 0.0324. The van der Waals surface area contributed by atoms with Gasteiger partial charge in [-0.2, -0.15) is 0 Å². The number of aliphatic hydroxyl groups is 2. The molecular formula is C57H61N3O13. The van der Waals surface area contributed by atoms with Crippen LogP contribution in [0, 0.1) is 27.9 Å². The summed E-state index contributed by atoms with van der Waals surface area (Å²) in [6.07, 6.45) is 9.39. The lowest BCUT2D eigenvalue weighted by Gasteiger charge is -2.59. The third-order valence-corrected chi connectivity index (χ3v) is 14.7. The van der Waals surface area contributed by atoms with Gasteiger partial charge in [0.05, 0.1) is 29.8 Å². The Morgan fingerprint density at radius 3 is 2.40 bits per heavy atom. The monoisotopic (exact) mass is 995 g/mol. The smallest absolute Gasteiger partial charge is 0.416 e. The molecule has 5 aliphatic rings. The van der Waals surface area contributed by atoms with Gasteiger partial charge in [0.25, 0.3) is 5.69 Å². The van der Waals surface area contributed by atoms with E-state index in [0.717, 1.165) is 60.4 Å². The normalized spacial score (nSPS) is 24.1. The summed E-state index contributed by atoms with van der Waals surface area (Å²) in [5, 5.41) is 39.0. The Labute approximate surface area is 423 Å². The number of ether oxygens (including phenoxy) is 7. The predicted molar refractivity (Wildman–Crippen MR) is 271 cm³/mol. The Balaban J connectivity index is 1.16. The average Bonchev–Trinajstić information content (AvgIpc) is 3.89. The number of amides is 1. The van der Waals surface area contributed by atoms with Crippen LogP contribution in [0.4, 0.5) is 10.5 Å². The van der Waals surface area contributed by atoms with Gasteiger partial charge in [0.2, 0.25) is 18.9 Å². The molecule has 5 aromatic carbocycles. The molecule has 1 saturated heterocycles. The number of carbonyl (C=O) groups is 1. The van der Waals surface area contributed by atoms with Gasteiger partial charge in [-0.1, -0.05) is 66.5 Å². The van der Waals surface area contributed by atoms with E-state index >= 15 is 4.79 Å². The molecule has 16 heteroatoms. The second-order valence-corrected chi connectivity index (χ2v) is 19.2. The number of aliphatic hydroxyl groups excluding tert-OH is 2. The van der Waals surface area contributed by atoms with E-state index in [4.69, 9.17) is 43.2 Å². The van der Waals surface area contributed by atoms with Crippen molar-refractivity contribution in [3.8, 4) is 34.5 Å². The molecule has 0 spiro atoms. The number of non-ortho nitro benzene ring substituents is 1. The zero-order valence-electron chi connectivity index (χ0n) is 40.7. The molecule has 2 fully saturated rings. The second-order valence-electron chi connectivity index (χ2n) is 19.2. The number of oxime groups is 1. The molecule has 10 rings (SSSR count). The topological polar surface area (TPSA) is 190 Å². The maximum atomic E-state index is 15.3. The van der Waals surface area contributed by atoms with Crippen LogP contribution in [0.1, 0.15) is 81.3 Å². The molecule has 0 aromatic heterocycles. The third kappa shape index (κ3) is 10.6. The fourth-order valence-corrected chi connectivity index (χ4v) is 11.3. The summed E-state index contributed by atoms with van der Waals surface area (Å²) in [5.74, 6) is 0.324. The number of carbonyl (C=O) groups excluding carboxylic acids is 1.